The first-order valence-corrected chi connectivity index (χ1v) is 9.57. The van der Waals surface area contributed by atoms with Gasteiger partial charge in [-0.1, -0.05) is 12.1 Å². The Hall–Kier alpha value is -2.38. The number of benzene rings is 1. The first-order chi connectivity index (χ1) is 13.3. The van der Waals surface area contributed by atoms with E-state index in [0.717, 1.165) is 0 Å². The van der Waals surface area contributed by atoms with Gasteiger partial charge in [-0.2, -0.15) is 0 Å². The Kier molecular flexibility index (Phi) is 7.60. The number of nitrogens with zero attached hydrogens (tertiary/aromatic N) is 2. The Balaban J connectivity index is 2.34. The number of aliphatic hydroxyl groups is 1. The SMILES string of the molecule is CC(C)OCCN1C(=O)C(c2ccc(OC(C)C)cc2)=C(N(C)CCO)C1=O. The standard InChI is InChI=1S/C21H30N2O5/c1-14(2)27-13-11-23-20(25)18(19(21(23)26)22(5)10-12-24)16-6-8-17(9-7-16)28-15(3)4/h6-9,14-15,24H,10-13H2,1-5H3. The number of imide groups is 1. The highest BCUT2D eigenvalue weighted by Gasteiger charge is 2.40. The summed E-state index contributed by atoms with van der Waals surface area (Å²) in [4.78, 5) is 28.8. The molecule has 0 saturated carbocycles. The van der Waals surface area contributed by atoms with E-state index >= 15 is 0 Å². The molecule has 0 unspecified atom stereocenters. The molecule has 1 aliphatic rings. The van der Waals surface area contributed by atoms with Crippen molar-refractivity contribution < 1.29 is 24.2 Å². The quantitative estimate of drug-likeness (QED) is 0.615. The summed E-state index contributed by atoms with van der Waals surface area (Å²) < 4.78 is 11.2. The monoisotopic (exact) mass is 390 g/mol. The van der Waals surface area contributed by atoms with Gasteiger partial charge in [0.1, 0.15) is 11.4 Å². The van der Waals surface area contributed by atoms with E-state index in [1.165, 1.54) is 4.90 Å². The van der Waals surface area contributed by atoms with Crippen LogP contribution in [0.1, 0.15) is 33.3 Å². The van der Waals surface area contributed by atoms with Crippen LogP contribution in [0.15, 0.2) is 30.0 Å². The van der Waals surface area contributed by atoms with E-state index in [-0.39, 0.29) is 50.3 Å². The predicted octanol–water partition coefficient (Wildman–Crippen LogP) is 1.90. The molecule has 0 saturated heterocycles. The fraction of sp³-hybridized carbons (Fsp3) is 0.524. The molecule has 154 valence electrons. The Bertz CT molecular complexity index is 725. The van der Waals surface area contributed by atoms with Gasteiger partial charge in [-0.05, 0) is 45.4 Å². The number of hydrogen-bond acceptors (Lipinski definition) is 6. The van der Waals surface area contributed by atoms with Crippen molar-refractivity contribution in [3.8, 4) is 5.75 Å². The van der Waals surface area contributed by atoms with Gasteiger partial charge < -0.3 is 19.5 Å². The number of ether oxygens (including phenoxy) is 2. The smallest absolute Gasteiger partial charge is 0.277 e. The van der Waals surface area contributed by atoms with Crippen LogP contribution in [0.2, 0.25) is 0 Å². The van der Waals surface area contributed by atoms with Crippen LogP contribution in [-0.2, 0) is 14.3 Å². The van der Waals surface area contributed by atoms with Gasteiger partial charge in [0.2, 0.25) is 0 Å². The minimum atomic E-state index is -0.370. The minimum Gasteiger partial charge on any atom is -0.491 e. The van der Waals surface area contributed by atoms with Crippen molar-refractivity contribution in [1.82, 2.24) is 9.80 Å². The molecule has 1 N–H and O–H groups in total. The zero-order chi connectivity index (χ0) is 20.8. The molecule has 0 fully saturated rings. The summed E-state index contributed by atoms with van der Waals surface area (Å²) in [6.45, 7) is 8.28. The van der Waals surface area contributed by atoms with E-state index in [1.807, 2.05) is 27.7 Å². The second-order valence-corrected chi connectivity index (χ2v) is 7.24. The topological polar surface area (TPSA) is 79.3 Å². The van der Waals surface area contributed by atoms with Crippen molar-refractivity contribution in [2.24, 2.45) is 0 Å². The van der Waals surface area contributed by atoms with Crippen molar-refractivity contribution in [2.45, 2.75) is 39.9 Å². The second-order valence-electron chi connectivity index (χ2n) is 7.24. The van der Waals surface area contributed by atoms with Gasteiger partial charge in [0, 0.05) is 13.6 Å². The van der Waals surface area contributed by atoms with Crippen LogP contribution in [-0.4, -0.2) is 72.3 Å². The first-order valence-electron chi connectivity index (χ1n) is 9.57. The largest absolute Gasteiger partial charge is 0.491 e. The molecule has 2 amide bonds. The van der Waals surface area contributed by atoms with E-state index in [2.05, 4.69) is 0 Å². The molecule has 0 aromatic heterocycles. The number of hydrogen-bond donors (Lipinski definition) is 1. The highest BCUT2D eigenvalue weighted by atomic mass is 16.5. The van der Waals surface area contributed by atoms with Gasteiger partial charge in [0.05, 0.1) is 37.5 Å². The van der Waals surface area contributed by atoms with E-state index in [1.54, 1.807) is 36.2 Å². The molecule has 1 heterocycles. The third-order valence-corrected chi connectivity index (χ3v) is 4.24. The van der Waals surface area contributed by atoms with Crippen molar-refractivity contribution in [1.29, 1.82) is 0 Å². The van der Waals surface area contributed by atoms with Crippen molar-refractivity contribution in [3.63, 3.8) is 0 Å². The van der Waals surface area contributed by atoms with Crippen LogP contribution in [0.25, 0.3) is 5.57 Å². The van der Waals surface area contributed by atoms with Crippen LogP contribution in [0.4, 0.5) is 0 Å². The lowest BCUT2D eigenvalue weighted by atomic mass is 10.0. The lowest BCUT2D eigenvalue weighted by Crippen LogP contribution is -2.37. The number of rotatable bonds is 10. The van der Waals surface area contributed by atoms with Gasteiger partial charge in [-0.15, -0.1) is 0 Å². The molecule has 0 atom stereocenters. The summed E-state index contributed by atoms with van der Waals surface area (Å²) in [5.41, 5.74) is 1.27. The van der Waals surface area contributed by atoms with Crippen LogP contribution >= 0.6 is 0 Å². The highest BCUT2D eigenvalue weighted by Crippen LogP contribution is 2.32. The minimum absolute atomic E-state index is 0.0188. The zero-order valence-electron chi connectivity index (χ0n) is 17.3. The van der Waals surface area contributed by atoms with Crippen LogP contribution in [0, 0.1) is 0 Å². The second kappa shape index (κ2) is 9.71. The third-order valence-electron chi connectivity index (χ3n) is 4.24. The molecule has 1 aromatic carbocycles. The number of carbonyl (C=O) groups is 2. The molecule has 0 aliphatic carbocycles. The number of carbonyl (C=O) groups excluding carboxylic acids is 2. The normalized spacial score (nSPS) is 14.6. The highest BCUT2D eigenvalue weighted by molar-refractivity contribution is 6.35. The summed E-state index contributed by atoms with van der Waals surface area (Å²) >= 11 is 0. The first kappa shape index (κ1) is 21.9. The molecule has 7 nitrogen and oxygen atoms in total. The fourth-order valence-electron chi connectivity index (χ4n) is 2.99. The van der Waals surface area contributed by atoms with E-state index in [0.29, 0.717) is 22.6 Å². The Morgan fingerprint density at radius 1 is 1.04 bits per heavy atom. The molecule has 1 aromatic rings. The Morgan fingerprint density at radius 2 is 1.68 bits per heavy atom. The number of likely N-dealkylation sites (N-methyl/N-ethyl adjacent to an activating group) is 1. The van der Waals surface area contributed by atoms with Gasteiger partial charge in [0.25, 0.3) is 11.8 Å². The average molecular weight is 390 g/mol. The average Bonchev–Trinajstić information content (AvgIpc) is 2.86. The molecule has 28 heavy (non-hydrogen) atoms. The van der Waals surface area contributed by atoms with Crippen molar-refractivity contribution in [3.05, 3.63) is 35.5 Å². The van der Waals surface area contributed by atoms with Crippen molar-refractivity contribution in [2.75, 3.05) is 33.4 Å². The molecular formula is C21H30N2O5. The molecule has 2 rings (SSSR count). The summed E-state index contributed by atoms with van der Waals surface area (Å²) in [5, 5.41) is 9.28. The van der Waals surface area contributed by atoms with Gasteiger partial charge in [0.15, 0.2) is 0 Å². The molecule has 1 aliphatic heterocycles. The van der Waals surface area contributed by atoms with Gasteiger partial charge >= 0.3 is 0 Å². The molecule has 0 radical (unpaired) electrons. The fourth-order valence-corrected chi connectivity index (χ4v) is 2.99. The van der Waals surface area contributed by atoms with E-state index in [9.17, 15) is 14.7 Å². The van der Waals surface area contributed by atoms with E-state index in [4.69, 9.17) is 9.47 Å². The molecule has 0 spiro atoms. The Labute approximate surface area is 166 Å². The summed E-state index contributed by atoms with van der Waals surface area (Å²) in [6, 6.07) is 7.13. The van der Waals surface area contributed by atoms with Gasteiger partial charge in [-0.3, -0.25) is 14.5 Å². The van der Waals surface area contributed by atoms with Crippen LogP contribution in [0.3, 0.4) is 0 Å². The summed E-state index contributed by atoms with van der Waals surface area (Å²) in [6.07, 6.45) is 0.0627. The summed E-state index contributed by atoms with van der Waals surface area (Å²) in [7, 11) is 1.70. The zero-order valence-corrected chi connectivity index (χ0v) is 17.3. The van der Waals surface area contributed by atoms with Crippen molar-refractivity contribution >= 4 is 17.4 Å². The maximum absolute atomic E-state index is 13.0. The predicted molar refractivity (Wildman–Crippen MR) is 107 cm³/mol. The van der Waals surface area contributed by atoms with Crippen LogP contribution < -0.4 is 4.74 Å². The molecule has 0 bridgehead atoms. The Morgan fingerprint density at radius 3 is 2.21 bits per heavy atom. The van der Waals surface area contributed by atoms with E-state index < -0.39 is 0 Å². The maximum atomic E-state index is 13.0. The van der Waals surface area contributed by atoms with Gasteiger partial charge in [-0.25, -0.2) is 0 Å². The maximum Gasteiger partial charge on any atom is 0.277 e. The number of aliphatic hydroxyl groups excluding tert-OH is 1. The lowest BCUT2D eigenvalue weighted by molar-refractivity contribution is -0.138. The number of amides is 2. The summed E-state index contributed by atoms with van der Waals surface area (Å²) in [5.74, 6) is -0.0240. The lowest BCUT2D eigenvalue weighted by Gasteiger charge is -2.20. The molecule has 7 heteroatoms. The third kappa shape index (κ3) is 5.11. The molecular weight excluding hydrogens is 360 g/mol. The van der Waals surface area contributed by atoms with Crippen LogP contribution in [0.5, 0.6) is 5.75 Å².